The Labute approximate surface area is 316 Å². The van der Waals surface area contributed by atoms with E-state index in [0.29, 0.717) is 16.5 Å². The number of para-hydroxylation sites is 1. The van der Waals surface area contributed by atoms with Crippen molar-refractivity contribution in [3.8, 4) is 0 Å². The number of aldehydes is 1. The number of carboxylic acid groups (broad SMARTS) is 1. The predicted molar refractivity (Wildman–Crippen MR) is 211 cm³/mol. The number of carbonyl (C=O) groups excluding carboxylic acids is 3. The zero-order valence-corrected chi connectivity index (χ0v) is 32.0. The molecule has 52 heavy (non-hydrogen) atoms. The van der Waals surface area contributed by atoms with Crippen molar-refractivity contribution in [1.82, 2.24) is 10.6 Å². The lowest BCUT2D eigenvalue weighted by atomic mass is 9.89. The van der Waals surface area contributed by atoms with Gasteiger partial charge in [-0.1, -0.05) is 138 Å². The molecular weight excluding hydrogens is 699 g/mol. The average molecular weight is 750 g/mol. The van der Waals surface area contributed by atoms with Crippen LogP contribution < -0.4 is 16.0 Å². The van der Waals surface area contributed by atoms with Gasteiger partial charge in [0.05, 0.1) is 11.7 Å². The lowest BCUT2D eigenvalue weighted by molar-refractivity contribution is -0.136. The number of nitrogens with one attached hydrogen (secondary N) is 3. The first-order valence-electron chi connectivity index (χ1n) is 17.7. The van der Waals surface area contributed by atoms with Crippen LogP contribution in [0.25, 0.3) is 0 Å². The number of benzene rings is 3. The Hall–Kier alpha value is -4.42. The molecule has 0 radical (unpaired) electrons. The molecule has 4 N–H and O–H groups in total. The number of rotatable bonds is 14. The molecule has 1 aliphatic carbocycles. The van der Waals surface area contributed by atoms with Gasteiger partial charge >= 0.3 is 18.2 Å². The van der Waals surface area contributed by atoms with Gasteiger partial charge in [-0.2, -0.15) is 0 Å². The minimum Gasteiger partial charge on any atom is -0.479 e. The van der Waals surface area contributed by atoms with Crippen molar-refractivity contribution < 1.29 is 33.8 Å². The maximum Gasteiger partial charge on any atom is 0.408 e. The Morgan fingerprint density at radius 1 is 0.808 bits per heavy atom. The summed E-state index contributed by atoms with van der Waals surface area (Å²) in [5, 5.41) is 16.6. The minimum atomic E-state index is -1.09. The van der Waals surface area contributed by atoms with Crippen LogP contribution in [0.2, 0.25) is 0 Å². The van der Waals surface area contributed by atoms with Crippen LogP contribution in [0.5, 0.6) is 0 Å². The third-order valence-corrected chi connectivity index (χ3v) is 9.82. The number of hydrogen-bond donors (Lipinski definition) is 4. The number of ether oxygens (including phenoxy) is 2. The second-order valence-corrected chi connectivity index (χ2v) is 15.3. The minimum absolute atomic E-state index is 0.0407. The van der Waals surface area contributed by atoms with E-state index in [0.717, 1.165) is 53.3 Å². The van der Waals surface area contributed by atoms with Crippen LogP contribution >= 0.6 is 24.0 Å². The van der Waals surface area contributed by atoms with Gasteiger partial charge in [0, 0.05) is 10.8 Å². The number of thioether (sulfide) groups is 1. The summed E-state index contributed by atoms with van der Waals surface area (Å²) in [5.41, 5.74) is 4.27. The lowest BCUT2D eigenvalue weighted by Gasteiger charge is -2.27. The van der Waals surface area contributed by atoms with Gasteiger partial charge < -0.3 is 25.2 Å². The van der Waals surface area contributed by atoms with Gasteiger partial charge in [-0.05, 0) is 47.4 Å². The van der Waals surface area contributed by atoms with E-state index in [4.69, 9.17) is 26.8 Å². The van der Waals surface area contributed by atoms with Gasteiger partial charge in [-0.25, -0.2) is 14.4 Å². The maximum absolute atomic E-state index is 12.5. The first-order valence-corrected chi connectivity index (χ1v) is 19.0. The number of anilines is 1. The number of hydrogen-bond acceptors (Lipinski definition) is 8. The van der Waals surface area contributed by atoms with E-state index < -0.39 is 29.6 Å². The second-order valence-electron chi connectivity index (χ2n) is 13.1. The Morgan fingerprint density at radius 3 is 1.83 bits per heavy atom. The summed E-state index contributed by atoms with van der Waals surface area (Å²) in [5.74, 6) is -0.645. The molecule has 1 fully saturated rings. The van der Waals surface area contributed by atoms with E-state index in [-0.39, 0.29) is 24.4 Å². The van der Waals surface area contributed by atoms with Crippen LogP contribution in [-0.4, -0.2) is 51.2 Å². The summed E-state index contributed by atoms with van der Waals surface area (Å²) in [6.45, 7) is 8.01. The molecule has 12 heteroatoms. The summed E-state index contributed by atoms with van der Waals surface area (Å²) in [7, 11) is 0. The van der Waals surface area contributed by atoms with Crippen LogP contribution in [0.4, 0.5) is 15.3 Å². The molecule has 0 bridgehead atoms. The largest absolute Gasteiger partial charge is 0.479 e. The Morgan fingerprint density at radius 2 is 1.35 bits per heavy atom. The maximum atomic E-state index is 12.5. The third-order valence-electron chi connectivity index (χ3n) is 8.33. The van der Waals surface area contributed by atoms with Crippen molar-refractivity contribution in [3.05, 3.63) is 101 Å². The number of aliphatic carboxylic acids is 1. The highest BCUT2D eigenvalue weighted by molar-refractivity contribution is 8.01. The Bertz CT molecular complexity index is 1580. The van der Waals surface area contributed by atoms with Gasteiger partial charge in [0.1, 0.15) is 18.2 Å². The van der Waals surface area contributed by atoms with Gasteiger partial charge in [0.2, 0.25) is 0 Å². The normalized spacial score (nSPS) is 14.1. The molecule has 4 rings (SSSR count). The fraction of sp³-hybridized carbons (Fsp3) is 0.425. The van der Waals surface area contributed by atoms with Crippen molar-refractivity contribution in [1.29, 1.82) is 0 Å². The van der Waals surface area contributed by atoms with E-state index in [1.54, 1.807) is 0 Å². The van der Waals surface area contributed by atoms with Gasteiger partial charge in [0.15, 0.2) is 11.7 Å². The highest BCUT2D eigenvalue weighted by Gasteiger charge is 2.26. The zero-order valence-electron chi connectivity index (χ0n) is 30.3. The summed E-state index contributed by atoms with van der Waals surface area (Å²) < 4.78 is 10.4. The molecule has 280 valence electrons. The molecule has 3 aromatic rings. The molecule has 0 saturated heterocycles. The number of carboxylic acids is 1. The van der Waals surface area contributed by atoms with Crippen LogP contribution in [-0.2, 0) is 27.5 Å². The average Bonchev–Trinajstić information content (AvgIpc) is 3.42. The molecule has 2 atom stereocenters. The third kappa shape index (κ3) is 14.7. The number of thiocarbonyl (C=S) groups is 1. The summed E-state index contributed by atoms with van der Waals surface area (Å²) in [6, 6.07) is 24.2. The quantitative estimate of drug-likeness (QED) is 0.0546. The SMILES string of the molecule is CC(C)C(NC(=O)OCc1ccccc1)C(=S)Nc1c(C=O)cccc1C1CCCCCC1.CC(C)SC(NC(=O)OCc1ccccc1)C(=O)O. The number of carbonyl (C=O) groups is 4. The lowest BCUT2D eigenvalue weighted by Crippen LogP contribution is -2.46. The monoisotopic (exact) mass is 749 g/mol. The molecule has 10 nitrogen and oxygen atoms in total. The zero-order chi connectivity index (χ0) is 37.9. The molecule has 3 aromatic carbocycles. The van der Waals surface area contributed by atoms with Gasteiger partial charge in [-0.15, -0.1) is 11.8 Å². The van der Waals surface area contributed by atoms with E-state index in [2.05, 4.69) is 22.0 Å². The van der Waals surface area contributed by atoms with Crippen LogP contribution in [0.3, 0.4) is 0 Å². The van der Waals surface area contributed by atoms with E-state index in [1.165, 1.54) is 25.7 Å². The molecule has 0 heterocycles. The molecule has 0 spiro atoms. The van der Waals surface area contributed by atoms with Crippen molar-refractivity contribution in [2.45, 2.75) is 102 Å². The summed E-state index contributed by atoms with van der Waals surface area (Å²) in [4.78, 5) is 47.3. The molecular formula is C40H51N3O7S2. The fourth-order valence-electron chi connectivity index (χ4n) is 5.69. The Kier molecular flexibility index (Phi) is 18.2. The van der Waals surface area contributed by atoms with E-state index in [9.17, 15) is 19.2 Å². The molecule has 2 amide bonds. The van der Waals surface area contributed by atoms with Crippen molar-refractivity contribution in [2.24, 2.45) is 5.92 Å². The van der Waals surface area contributed by atoms with Crippen molar-refractivity contribution >= 4 is 59.1 Å². The van der Waals surface area contributed by atoms with E-state index in [1.807, 2.05) is 100 Å². The molecule has 0 aliphatic heterocycles. The van der Waals surface area contributed by atoms with E-state index >= 15 is 0 Å². The van der Waals surface area contributed by atoms with Gasteiger partial charge in [-0.3, -0.25) is 10.1 Å². The highest BCUT2D eigenvalue weighted by atomic mass is 32.2. The molecule has 1 saturated carbocycles. The fourth-order valence-corrected chi connectivity index (χ4v) is 6.95. The molecule has 2 unspecified atom stereocenters. The Balaban J connectivity index is 0.000000326. The first-order chi connectivity index (χ1) is 25.0. The predicted octanol–water partition coefficient (Wildman–Crippen LogP) is 9.09. The smallest absolute Gasteiger partial charge is 0.408 e. The number of alkyl carbamates (subject to hydrolysis) is 2. The summed E-state index contributed by atoms with van der Waals surface area (Å²) >= 11 is 6.87. The van der Waals surface area contributed by atoms with Crippen LogP contribution in [0.1, 0.15) is 99.2 Å². The van der Waals surface area contributed by atoms with Crippen molar-refractivity contribution in [2.75, 3.05) is 5.32 Å². The van der Waals surface area contributed by atoms with Crippen molar-refractivity contribution in [3.63, 3.8) is 0 Å². The van der Waals surface area contributed by atoms with Crippen LogP contribution in [0.15, 0.2) is 78.9 Å². The topological polar surface area (TPSA) is 143 Å². The molecule has 1 aliphatic rings. The molecule has 0 aromatic heterocycles. The standard InChI is InChI=1S/C27H34N2O3S.C13H17NO4S/c1-19(2)24(29-27(31)32-18-20-11-6-5-7-12-20)26(33)28-25-22(17-30)15-10-16-23(25)21-13-8-3-4-9-14-21;1-9(2)19-11(12(15)16)14-13(17)18-8-10-6-4-3-5-7-10/h5-7,10-12,15-17,19,21,24H,3-4,8-9,13-14,18H2,1-2H3,(H,28,33)(H,29,31);3-7,9,11H,8H2,1-2H3,(H,14,17)(H,15,16). The van der Waals surface area contributed by atoms with Gasteiger partial charge in [0.25, 0.3) is 0 Å². The summed E-state index contributed by atoms with van der Waals surface area (Å²) in [6.07, 6.45) is 6.76. The highest BCUT2D eigenvalue weighted by Crippen LogP contribution is 2.37. The number of amides is 2. The second kappa shape index (κ2) is 22.5. The van der Waals surface area contributed by atoms with Crippen LogP contribution in [0, 0.1) is 5.92 Å². The first kappa shape index (κ1) is 42.0.